The summed E-state index contributed by atoms with van der Waals surface area (Å²) >= 11 is 45.9. The Balaban J connectivity index is -0.000000845. The van der Waals surface area contributed by atoms with Gasteiger partial charge in [0.2, 0.25) is 0 Å². The van der Waals surface area contributed by atoms with Crippen molar-refractivity contribution in [2.24, 2.45) is 0 Å². The van der Waals surface area contributed by atoms with Crippen molar-refractivity contribution in [3.63, 3.8) is 0 Å². The van der Waals surface area contributed by atoms with Gasteiger partial charge in [-0.15, -0.1) is 0 Å². The fourth-order valence-electron chi connectivity index (χ4n) is 0.211. The fourth-order valence-corrected chi connectivity index (χ4v) is 51.2. The molecule has 0 saturated heterocycles. The second-order valence-corrected chi connectivity index (χ2v) is 41.1. The second-order valence-electron chi connectivity index (χ2n) is 1.52. The Bertz CT molecular complexity index is 597. The summed E-state index contributed by atoms with van der Waals surface area (Å²) in [5, 5.41) is -4.56. The molecule has 0 aliphatic heterocycles. The molecule has 0 amide bonds. The SMILES string of the molecule is S=PS(=S)(=S)S(=S)(=S)S(=S)(=S)[S-](=S)=S.[U].[W]. The maximum Gasteiger partial charge on any atom is 0.0633 e. The molecule has 0 aromatic heterocycles. The summed E-state index contributed by atoms with van der Waals surface area (Å²) in [6.07, 6.45) is 0. The van der Waals surface area contributed by atoms with Crippen molar-refractivity contribution in [2.45, 2.75) is 0 Å². The Morgan fingerprint density at radius 3 is 1.38 bits per heavy atom. The third kappa shape index (κ3) is 6.27. The van der Waals surface area contributed by atoms with Crippen molar-refractivity contribution in [3.05, 3.63) is 0 Å². The molecule has 16 heavy (non-hydrogen) atoms. The monoisotopic (exact) mass is 869 g/mol. The van der Waals surface area contributed by atoms with Crippen molar-refractivity contribution in [2.75, 3.05) is 0 Å². The topological polar surface area (TPSA) is 0 Å². The minimum Gasteiger partial charge on any atom is -0.271 e. The van der Waals surface area contributed by atoms with E-state index in [1.54, 1.807) is 0 Å². The molecule has 0 nitrogen and oxygen atoms in total. The van der Waals surface area contributed by atoms with Crippen molar-refractivity contribution < 1.29 is 52.2 Å². The average Bonchev–Trinajstić information content (AvgIpc) is 2.03. The molecular formula is PS13UW-. The minimum absolute atomic E-state index is 0. The van der Waals surface area contributed by atoms with Crippen LogP contribution in [0.3, 0.4) is 0 Å². The van der Waals surface area contributed by atoms with Gasteiger partial charge in [0.25, 0.3) is 0 Å². The molecule has 0 spiro atoms. The van der Waals surface area contributed by atoms with Crippen molar-refractivity contribution >= 4 is 131 Å². The van der Waals surface area contributed by atoms with E-state index in [0.717, 1.165) is 0 Å². The summed E-state index contributed by atoms with van der Waals surface area (Å²) in [6.45, 7) is 0.415. The van der Waals surface area contributed by atoms with E-state index in [1.165, 1.54) is 0 Å². The van der Waals surface area contributed by atoms with Crippen LogP contribution in [0, 0.1) is 31.1 Å². The van der Waals surface area contributed by atoms with Crippen molar-refractivity contribution in [3.8, 4) is 0 Å². The smallest absolute Gasteiger partial charge is 0.0633 e. The number of hydrogen-bond donors (Lipinski definition) is 0. The van der Waals surface area contributed by atoms with Gasteiger partial charge in [-0.3, -0.25) is 7.05 Å². The molecule has 0 rings (SSSR count). The molecule has 0 aliphatic carbocycles. The van der Waals surface area contributed by atoms with Crippen LogP contribution in [0.1, 0.15) is 0 Å². The van der Waals surface area contributed by atoms with Crippen LogP contribution in [0.5, 0.6) is 0 Å². The third-order valence-corrected chi connectivity index (χ3v) is 62.0. The minimum atomic E-state index is -2.31. The quantitative estimate of drug-likeness (QED) is 0.227. The molecule has 0 bridgehead atoms. The van der Waals surface area contributed by atoms with Gasteiger partial charge in [0.05, 0.1) is 6.56 Å². The van der Waals surface area contributed by atoms with Gasteiger partial charge in [-0.1, -0.05) is 27.6 Å². The molecule has 0 saturated carbocycles. The van der Waals surface area contributed by atoms with E-state index in [4.69, 9.17) is 101 Å². The van der Waals surface area contributed by atoms with Gasteiger partial charge in [-0.2, -0.15) is 0 Å². The van der Waals surface area contributed by atoms with E-state index in [0.29, 0.717) is 6.56 Å². The predicted octanol–water partition coefficient (Wildman–Crippen LogP) is 0.828. The van der Waals surface area contributed by atoms with Crippen LogP contribution in [0.2, 0.25) is 0 Å². The second kappa shape index (κ2) is 10.2. The van der Waals surface area contributed by atoms with Gasteiger partial charge in [-0.05, 0) is 56.6 Å². The van der Waals surface area contributed by atoms with Gasteiger partial charge in [0.1, 0.15) is 0 Å². The van der Waals surface area contributed by atoms with Crippen LogP contribution in [0.4, 0.5) is 0 Å². The molecule has 0 fully saturated rings. The zero-order valence-electron chi connectivity index (χ0n) is 6.66. The maximum atomic E-state index is 5.25. The molecule has 0 atom stereocenters. The molecule has 0 unspecified atom stereocenters. The van der Waals surface area contributed by atoms with E-state index < -0.39 is 23.3 Å². The summed E-state index contributed by atoms with van der Waals surface area (Å²) in [5.74, 6) is -2.13. The molecular weight excluding hydrogens is 870 g/mol. The predicted molar refractivity (Wildman–Crippen MR) is 103 cm³/mol. The normalized spacial score (nSPS) is 12.8. The molecule has 0 aromatic carbocycles. The average molecular weight is 870 g/mol. The number of rotatable bonds is 4. The Kier molecular flexibility index (Phi) is 16.9. The van der Waals surface area contributed by atoms with Crippen molar-refractivity contribution in [1.82, 2.24) is 0 Å². The summed E-state index contributed by atoms with van der Waals surface area (Å²) in [5.41, 5.74) is 0. The van der Waals surface area contributed by atoms with Crippen LogP contribution in [-0.4, -0.2) is 0 Å². The van der Waals surface area contributed by atoms with Gasteiger partial charge in [0.15, 0.2) is 0 Å². The van der Waals surface area contributed by atoms with Gasteiger partial charge < -0.3 is 0 Å². The van der Waals surface area contributed by atoms with Crippen LogP contribution in [0.25, 0.3) is 0 Å². The molecule has 0 radical (unpaired) electrons. The molecule has 0 aliphatic rings. The first-order valence-corrected chi connectivity index (χ1v) is 19.8. The van der Waals surface area contributed by atoms with E-state index in [2.05, 4.69) is 0 Å². The molecule has 94 valence electrons. The standard InChI is InChI=1S/PS13.U.W/c2-1-12(5,6)14(9,10)13(7,8)11(3)4;;/q-1;;. The van der Waals surface area contributed by atoms with Gasteiger partial charge >= 0.3 is 0 Å². The summed E-state index contributed by atoms with van der Waals surface area (Å²) in [6, 6.07) is 0. The first-order chi connectivity index (χ1) is 6.00. The fraction of sp³-hybridized carbons (Fsp3) is 0. The van der Waals surface area contributed by atoms with E-state index in [-0.39, 0.29) is 52.2 Å². The van der Waals surface area contributed by atoms with E-state index in [9.17, 15) is 0 Å². The molecule has 0 aromatic rings. The van der Waals surface area contributed by atoms with Crippen LogP contribution in [-0.2, 0) is 146 Å². The van der Waals surface area contributed by atoms with Crippen LogP contribution in [0.15, 0.2) is 0 Å². The van der Waals surface area contributed by atoms with E-state index in [1.807, 2.05) is 0 Å². The molecule has 0 N–H and O–H groups in total. The van der Waals surface area contributed by atoms with E-state index >= 15 is 0 Å². The van der Waals surface area contributed by atoms with Gasteiger partial charge in [-0.25, -0.2) is 22.4 Å². The first-order valence-electron chi connectivity index (χ1n) is 2.20. The Morgan fingerprint density at radius 2 is 1.19 bits per heavy atom. The molecule has 16 heteroatoms. The van der Waals surface area contributed by atoms with Crippen LogP contribution < -0.4 is 0 Å². The summed E-state index contributed by atoms with van der Waals surface area (Å²) in [7, 11) is -0.998. The first kappa shape index (κ1) is 26.3. The number of hydrogen-bond acceptors (Lipinski definition) is 10. The van der Waals surface area contributed by atoms with Crippen LogP contribution >= 0.6 is 6.56 Å². The van der Waals surface area contributed by atoms with Gasteiger partial charge in [0, 0.05) is 63.2 Å². The zero-order chi connectivity index (χ0) is 11.8. The Morgan fingerprint density at radius 1 is 0.875 bits per heavy atom. The maximum absolute atomic E-state index is 5.25. The largest absolute Gasteiger partial charge is 0.271 e. The third-order valence-electron chi connectivity index (χ3n) is 0.766. The van der Waals surface area contributed by atoms with Crippen molar-refractivity contribution in [1.29, 1.82) is 0 Å². The summed E-state index contributed by atoms with van der Waals surface area (Å²) < 4.78 is 0. The Labute approximate surface area is 179 Å². The molecule has 0 heterocycles. The zero-order valence-corrected chi connectivity index (χ0v) is 25.3. The Hall–Kier alpha value is 5.42. The summed E-state index contributed by atoms with van der Waals surface area (Å²) in [4.78, 5) is 0.